The zero-order valence-electron chi connectivity index (χ0n) is 6.51. The van der Waals surface area contributed by atoms with Crippen LogP contribution in [0.5, 0.6) is 0 Å². The third-order valence-corrected chi connectivity index (χ3v) is 1.78. The number of rotatable bonds is 1. The van der Waals surface area contributed by atoms with Gasteiger partial charge in [-0.3, -0.25) is 0 Å². The molecule has 1 aliphatic rings. The average Bonchev–Trinajstić information content (AvgIpc) is 1.87. The highest BCUT2D eigenvalue weighted by molar-refractivity contribution is 5.19. The van der Waals surface area contributed by atoms with Crippen LogP contribution in [0.4, 0.5) is 0 Å². The highest BCUT2D eigenvalue weighted by Gasteiger charge is 1.91. The summed E-state index contributed by atoms with van der Waals surface area (Å²) in [6, 6.07) is 0. The van der Waals surface area contributed by atoms with E-state index in [1.54, 1.807) is 5.57 Å². The molecule has 0 aromatic rings. The smallest absolute Gasteiger partial charge is 0.0282 e. The molecule has 0 bridgehead atoms. The van der Waals surface area contributed by atoms with Crippen molar-refractivity contribution in [1.29, 1.82) is 0 Å². The molecular formula is C10H14. The van der Waals surface area contributed by atoms with E-state index in [0.29, 0.717) is 0 Å². The minimum atomic E-state index is 1.19. The van der Waals surface area contributed by atoms with Crippen molar-refractivity contribution in [1.82, 2.24) is 0 Å². The van der Waals surface area contributed by atoms with Crippen molar-refractivity contribution in [3.63, 3.8) is 0 Å². The maximum atomic E-state index is 2.23. The predicted octanol–water partition coefficient (Wildman–Crippen LogP) is 3.23. The van der Waals surface area contributed by atoms with Crippen LogP contribution in [0.1, 0.15) is 26.2 Å². The minimum absolute atomic E-state index is 1.19. The van der Waals surface area contributed by atoms with E-state index in [2.05, 4.69) is 37.3 Å². The van der Waals surface area contributed by atoms with Gasteiger partial charge < -0.3 is 0 Å². The Hall–Kier alpha value is -0.780. The van der Waals surface area contributed by atoms with Gasteiger partial charge in [-0.15, -0.1) is 0 Å². The third-order valence-electron chi connectivity index (χ3n) is 1.78. The molecule has 10 heavy (non-hydrogen) atoms. The molecule has 0 unspecified atom stereocenters. The first kappa shape index (κ1) is 7.33. The van der Waals surface area contributed by atoms with Crippen LogP contribution in [0.15, 0.2) is 36.0 Å². The van der Waals surface area contributed by atoms with E-state index in [1.807, 2.05) is 0 Å². The Morgan fingerprint density at radius 3 is 3.00 bits per heavy atom. The van der Waals surface area contributed by atoms with Gasteiger partial charge in [-0.05, 0) is 19.3 Å². The van der Waals surface area contributed by atoms with Crippen LogP contribution in [0.25, 0.3) is 0 Å². The van der Waals surface area contributed by atoms with Gasteiger partial charge in [0.15, 0.2) is 0 Å². The fourth-order valence-electron chi connectivity index (χ4n) is 1.08. The summed E-state index contributed by atoms with van der Waals surface area (Å²) in [5, 5.41) is 0. The molecule has 0 heteroatoms. The summed E-state index contributed by atoms with van der Waals surface area (Å²) in [7, 11) is 0. The maximum absolute atomic E-state index is 2.23. The van der Waals surface area contributed by atoms with Crippen LogP contribution in [-0.4, -0.2) is 0 Å². The fourth-order valence-corrected chi connectivity index (χ4v) is 1.08. The normalized spacial score (nSPS) is 17.9. The molecule has 0 N–H and O–H groups in total. The summed E-state index contributed by atoms with van der Waals surface area (Å²) in [5.74, 6) is 0. The second kappa shape index (κ2) is 4.10. The highest BCUT2D eigenvalue weighted by atomic mass is 14.0. The summed E-state index contributed by atoms with van der Waals surface area (Å²) in [5.41, 5.74) is 1.56. The van der Waals surface area contributed by atoms with E-state index in [1.165, 1.54) is 19.3 Å². The lowest BCUT2D eigenvalue weighted by molar-refractivity contribution is 0.907. The van der Waals surface area contributed by atoms with E-state index in [0.717, 1.165) is 0 Å². The quantitative estimate of drug-likeness (QED) is 0.516. The number of hydrogen-bond acceptors (Lipinski definition) is 0. The molecule has 0 atom stereocenters. The lowest BCUT2D eigenvalue weighted by Crippen LogP contribution is -1.80. The van der Waals surface area contributed by atoms with Crippen LogP contribution < -0.4 is 0 Å². The first-order chi connectivity index (χ1) is 4.93. The number of hydrogen-bond donors (Lipinski definition) is 0. The van der Waals surface area contributed by atoms with Crippen molar-refractivity contribution < 1.29 is 0 Å². The maximum Gasteiger partial charge on any atom is -0.0282 e. The van der Waals surface area contributed by atoms with Gasteiger partial charge in [-0.1, -0.05) is 42.9 Å². The molecule has 0 spiro atoms. The Morgan fingerprint density at radius 1 is 1.30 bits per heavy atom. The Kier molecular flexibility index (Phi) is 3.01. The lowest BCUT2D eigenvalue weighted by Gasteiger charge is -2.01. The van der Waals surface area contributed by atoms with E-state index in [-0.39, 0.29) is 0 Å². The van der Waals surface area contributed by atoms with Crippen molar-refractivity contribution in [2.24, 2.45) is 0 Å². The zero-order chi connectivity index (χ0) is 7.23. The van der Waals surface area contributed by atoms with Crippen LogP contribution >= 0.6 is 0 Å². The molecule has 1 aliphatic carbocycles. The summed E-state index contributed by atoms with van der Waals surface area (Å²) in [6.45, 7) is 2.21. The standard InChI is InChI=1S/C10H14/c1-2-10-8-6-4-3-5-7-9-10/h3-6,8H,2,7,9H2,1H3. The molecule has 0 heterocycles. The molecule has 0 saturated carbocycles. The van der Waals surface area contributed by atoms with Crippen LogP contribution in [0.3, 0.4) is 0 Å². The average molecular weight is 134 g/mol. The molecule has 0 saturated heterocycles. The van der Waals surface area contributed by atoms with Crippen LogP contribution in [0.2, 0.25) is 0 Å². The molecule has 0 aromatic carbocycles. The molecule has 54 valence electrons. The third kappa shape index (κ3) is 2.22. The Morgan fingerprint density at radius 2 is 2.20 bits per heavy atom. The van der Waals surface area contributed by atoms with E-state index in [9.17, 15) is 0 Å². The van der Waals surface area contributed by atoms with Gasteiger partial charge in [0.25, 0.3) is 0 Å². The fraction of sp³-hybridized carbons (Fsp3) is 0.400. The highest BCUT2D eigenvalue weighted by Crippen LogP contribution is 2.11. The minimum Gasteiger partial charge on any atom is -0.0842 e. The van der Waals surface area contributed by atoms with Gasteiger partial charge in [0.1, 0.15) is 0 Å². The zero-order valence-corrected chi connectivity index (χ0v) is 6.51. The van der Waals surface area contributed by atoms with Crippen molar-refractivity contribution >= 4 is 0 Å². The van der Waals surface area contributed by atoms with Crippen molar-refractivity contribution in [3.8, 4) is 0 Å². The second-order valence-corrected chi connectivity index (χ2v) is 2.53. The second-order valence-electron chi connectivity index (χ2n) is 2.53. The molecule has 0 amide bonds. The first-order valence-corrected chi connectivity index (χ1v) is 3.94. The Bertz CT molecular complexity index is 170. The molecule has 1 rings (SSSR count). The van der Waals surface area contributed by atoms with Crippen LogP contribution in [0, 0.1) is 0 Å². The van der Waals surface area contributed by atoms with Crippen LogP contribution in [-0.2, 0) is 0 Å². The van der Waals surface area contributed by atoms with Gasteiger partial charge in [0.2, 0.25) is 0 Å². The van der Waals surface area contributed by atoms with E-state index in [4.69, 9.17) is 0 Å². The SMILES string of the molecule is CCC1=CC=CC=CCC1. The van der Waals surface area contributed by atoms with Crippen molar-refractivity contribution in [3.05, 3.63) is 36.0 Å². The molecule has 0 fully saturated rings. The molecule has 0 nitrogen and oxygen atoms in total. The van der Waals surface area contributed by atoms with Crippen molar-refractivity contribution in [2.45, 2.75) is 26.2 Å². The summed E-state index contributed by atoms with van der Waals surface area (Å²) in [6.07, 6.45) is 14.4. The molecule has 0 radical (unpaired) electrons. The van der Waals surface area contributed by atoms with Gasteiger partial charge in [-0.25, -0.2) is 0 Å². The first-order valence-electron chi connectivity index (χ1n) is 3.94. The van der Waals surface area contributed by atoms with Gasteiger partial charge in [0, 0.05) is 0 Å². The van der Waals surface area contributed by atoms with Gasteiger partial charge in [0.05, 0.1) is 0 Å². The molecule has 0 aliphatic heterocycles. The van der Waals surface area contributed by atoms with E-state index >= 15 is 0 Å². The monoisotopic (exact) mass is 134 g/mol. The van der Waals surface area contributed by atoms with E-state index < -0.39 is 0 Å². The molecule has 0 aromatic heterocycles. The lowest BCUT2D eigenvalue weighted by atomic mass is 10.1. The Balaban J connectivity index is 2.59. The molecular weight excluding hydrogens is 120 g/mol. The predicted molar refractivity (Wildman–Crippen MR) is 45.9 cm³/mol. The topological polar surface area (TPSA) is 0 Å². The summed E-state index contributed by atoms with van der Waals surface area (Å²) >= 11 is 0. The van der Waals surface area contributed by atoms with Crippen molar-refractivity contribution in [2.75, 3.05) is 0 Å². The van der Waals surface area contributed by atoms with Gasteiger partial charge in [-0.2, -0.15) is 0 Å². The Labute approximate surface area is 62.9 Å². The number of allylic oxidation sites excluding steroid dienone is 6. The summed E-state index contributed by atoms with van der Waals surface area (Å²) in [4.78, 5) is 0. The van der Waals surface area contributed by atoms with Gasteiger partial charge >= 0.3 is 0 Å². The largest absolute Gasteiger partial charge is 0.0842 e. The summed E-state index contributed by atoms with van der Waals surface area (Å²) < 4.78 is 0.